The summed E-state index contributed by atoms with van der Waals surface area (Å²) in [6.45, 7) is 6.27. The van der Waals surface area contributed by atoms with Crippen LogP contribution in [-0.2, 0) is 9.59 Å². The molecule has 3 unspecified atom stereocenters. The number of fused-ring (bicyclic) bond motifs is 1. The van der Waals surface area contributed by atoms with Crippen molar-refractivity contribution in [1.29, 1.82) is 0 Å². The number of nitrogens with zero attached hydrogens (tertiary/aromatic N) is 1. The van der Waals surface area contributed by atoms with Gasteiger partial charge in [0.15, 0.2) is 0 Å². The van der Waals surface area contributed by atoms with Crippen molar-refractivity contribution in [3.63, 3.8) is 0 Å². The van der Waals surface area contributed by atoms with Crippen molar-refractivity contribution in [2.75, 3.05) is 11.9 Å². The Kier molecular flexibility index (Phi) is 4.65. The van der Waals surface area contributed by atoms with E-state index in [1.165, 1.54) is 0 Å². The molecule has 2 aliphatic rings. The Bertz CT molecular complexity index is 686. The average molecular weight is 344 g/mol. The summed E-state index contributed by atoms with van der Waals surface area (Å²) in [4.78, 5) is 38.8. The molecule has 2 saturated heterocycles. The summed E-state index contributed by atoms with van der Waals surface area (Å²) in [6, 6.07) is 5.58. The Morgan fingerprint density at radius 1 is 1.24 bits per heavy atom. The highest BCUT2D eigenvalue weighted by Gasteiger charge is 2.49. The highest BCUT2D eigenvalue weighted by molar-refractivity contribution is 5.99. The zero-order valence-corrected chi connectivity index (χ0v) is 14.7. The number of nitrogens with one attached hydrogen (secondary N) is 3. The van der Waals surface area contributed by atoms with Crippen LogP contribution in [0.1, 0.15) is 25.8 Å². The molecule has 7 heteroatoms. The number of carbonyl (C=O) groups is 3. The highest BCUT2D eigenvalue weighted by atomic mass is 16.2. The Balaban J connectivity index is 1.64. The molecule has 0 aromatic heterocycles. The zero-order valence-electron chi connectivity index (χ0n) is 14.7. The first-order chi connectivity index (χ1) is 11.9. The molecular weight excluding hydrogens is 320 g/mol. The van der Waals surface area contributed by atoms with E-state index in [1.54, 1.807) is 4.90 Å². The minimum absolute atomic E-state index is 0.0363. The molecule has 0 spiro atoms. The van der Waals surface area contributed by atoms with E-state index in [2.05, 4.69) is 16.0 Å². The average Bonchev–Trinajstić information content (AvgIpc) is 2.97. The lowest BCUT2D eigenvalue weighted by Crippen LogP contribution is -2.66. The molecule has 0 bridgehead atoms. The van der Waals surface area contributed by atoms with Gasteiger partial charge in [-0.15, -0.1) is 0 Å². The molecule has 7 nitrogen and oxygen atoms in total. The molecule has 0 radical (unpaired) electrons. The topological polar surface area (TPSA) is 90.5 Å². The maximum Gasteiger partial charge on any atom is 0.319 e. The van der Waals surface area contributed by atoms with Crippen molar-refractivity contribution in [3.8, 4) is 0 Å². The van der Waals surface area contributed by atoms with Crippen molar-refractivity contribution >= 4 is 23.5 Å². The quantitative estimate of drug-likeness (QED) is 0.770. The first-order valence-electron chi connectivity index (χ1n) is 8.62. The van der Waals surface area contributed by atoms with Gasteiger partial charge < -0.3 is 20.9 Å². The summed E-state index contributed by atoms with van der Waals surface area (Å²) in [5, 5.41) is 8.39. The van der Waals surface area contributed by atoms with Gasteiger partial charge in [0.2, 0.25) is 11.8 Å². The molecular formula is C18H24N4O3. The van der Waals surface area contributed by atoms with E-state index in [0.717, 1.165) is 5.56 Å². The van der Waals surface area contributed by atoms with Crippen LogP contribution in [0.2, 0.25) is 0 Å². The van der Waals surface area contributed by atoms with E-state index in [0.29, 0.717) is 18.7 Å². The SMILES string of the molecule is Cc1ccc(NC(=O)NC2CCN3C(=O)C(C(C)C)NC(=O)C23)cc1. The molecule has 25 heavy (non-hydrogen) atoms. The van der Waals surface area contributed by atoms with E-state index < -0.39 is 12.1 Å². The third kappa shape index (κ3) is 3.45. The van der Waals surface area contributed by atoms with Crippen molar-refractivity contribution < 1.29 is 14.4 Å². The molecule has 2 heterocycles. The monoisotopic (exact) mass is 344 g/mol. The number of carbonyl (C=O) groups excluding carboxylic acids is 3. The number of rotatable bonds is 3. The van der Waals surface area contributed by atoms with Gasteiger partial charge in [0.25, 0.3) is 0 Å². The summed E-state index contributed by atoms with van der Waals surface area (Å²) >= 11 is 0. The van der Waals surface area contributed by atoms with Gasteiger partial charge in [-0.3, -0.25) is 9.59 Å². The van der Waals surface area contributed by atoms with Crippen LogP contribution < -0.4 is 16.0 Å². The largest absolute Gasteiger partial charge is 0.342 e. The van der Waals surface area contributed by atoms with Gasteiger partial charge in [0, 0.05) is 12.2 Å². The smallest absolute Gasteiger partial charge is 0.319 e. The Morgan fingerprint density at radius 2 is 1.92 bits per heavy atom. The van der Waals surface area contributed by atoms with Crippen molar-refractivity contribution in [1.82, 2.24) is 15.5 Å². The second kappa shape index (κ2) is 6.74. The number of piperazine rings is 1. The molecule has 3 rings (SSSR count). The third-order valence-electron chi connectivity index (χ3n) is 4.81. The van der Waals surface area contributed by atoms with Crippen LogP contribution >= 0.6 is 0 Å². The number of anilines is 1. The second-order valence-corrected chi connectivity index (χ2v) is 7.07. The highest BCUT2D eigenvalue weighted by Crippen LogP contribution is 2.25. The molecule has 3 N–H and O–H groups in total. The Labute approximate surface area is 147 Å². The Hall–Kier alpha value is -2.57. The van der Waals surface area contributed by atoms with Crippen molar-refractivity contribution in [2.24, 2.45) is 5.92 Å². The molecule has 0 saturated carbocycles. The van der Waals surface area contributed by atoms with Gasteiger partial charge in [0.05, 0.1) is 6.04 Å². The number of urea groups is 1. The fourth-order valence-corrected chi connectivity index (χ4v) is 3.42. The van der Waals surface area contributed by atoms with E-state index in [9.17, 15) is 14.4 Å². The molecule has 2 aliphatic heterocycles. The summed E-state index contributed by atoms with van der Waals surface area (Å²) in [5.74, 6) is -0.228. The first-order valence-corrected chi connectivity index (χ1v) is 8.62. The number of amides is 4. The van der Waals surface area contributed by atoms with Crippen LogP contribution in [0.4, 0.5) is 10.5 Å². The van der Waals surface area contributed by atoms with Crippen LogP contribution in [0, 0.1) is 12.8 Å². The van der Waals surface area contributed by atoms with Crippen LogP contribution in [0.5, 0.6) is 0 Å². The van der Waals surface area contributed by atoms with Gasteiger partial charge in [-0.1, -0.05) is 31.5 Å². The van der Waals surface area contributed by atoms with E-state index in [1.807, 2.05) is 45.0 Å². The minimum Gasteiger partial charge on any atom is -0.342 e. The molecule has 1 aromatic rings. The third-order valence-corrected chi connectivity index (χ3v) is 4.81. The molecule has 3 atom stereocenters. The van der Waals surface area contributed by atoms with Crippen molar-refractivity contribution in [2.45, 2.75) is 45.3 Å². The van der Waals surface area contributed by atoms with Crippen LogP contribution in [-0.4, -0.2) is 47.4 Å². The number of hydrogen-bond donors (Lipinski definition) is 3. The van der Waals surface area contributed by atoms with Gasteiger partial charge in [0.1, 0.15) is 12.1 Å². The number of hydrogen-bond acceptors (Lipinski definition) is 3. The van der Waals surface area contributed by atoms with Crippen LogP contribution in [0.25, 0.3) is 0 Å². The fraction of sp³-hybridized carbons (Fsp3) is 0.500. The first kappa shape index (κ1) is 17.3. The van der Waals surface area contributed by atoms with E-state index in [4.69, 9.17) is 0 Å². The second-order valence-electron chi connectivity index (χ2n) is 7.07. The standard InChI is InChI=1S/C18H24N4O3/c1-10(2)14-17(24)22-9-8-13(15(22)16(23)21-14)20-18(25)19-12-6-4-11(3)5-7-12/h4-7,10,13-15H,8-9H2,1-3H3,(H,21,23)(H2,19,20,25). The van der Waals surface area contributed by atoms with Gasteiger partial charge >= 0.3 is 6.03 Å². The molecule has 4 amide bonds. The fourth-order valence-electron chi connectivity index (χ4n) is 3.42. The van der Waals surface area contributed by atoms with Gasteiger partial charge in [-0.2, -0.15) is 0 Å². The predicted molar refractivity (Wildman–Crippen MR) is 94.0 cm³/mol. The van der Waals surface area contributed by atoms with Crippen molar-refractivity contribution in [3.05, 3.63) is 29.8 Å². The summed E-state index contributed by atoms with van der Waals surface area (Å²) in [5.41, 5.74) is 1.79. The van der Waals surface area contributed by atoms with E-state index in [-0.39, 0.29) is 29.8 Å². The molecule has 2 fully saturated rings. The lowest BCUT2D eigenvalue weighted by Gasteiger charge is -2.37. The lowest BCUT2D eigenvalue weighted by molar-refractivity contribution is -0.148. The maximum absolute atomic E-state index is 12.5. The summed E-state index contributed by atoms with van der Waals surface area (Å²) in [7, 11) is 0. The van der Waals surface area contributed by atoms with Gasteiger partial charge in [-0.05, 0) is 31.4 Å². The summed E-state index contributed by atoms with van der Waals surface area (Å²) < 4.78 is 0. The minimum atomic E-state index is -0.633. The lowest BCUT2D eigenvalue weighted by atomic mass is 9.97. The maximum atomic E-state index is 12.5. The van der Waals surface area contributed by atoms with Gasteiger partial charge in [-0.25, -0.2) is 4.79 Å². The Morgan fingerprint density at radius 3 is 2.56 bits per heavy atom. The molecule has 0 aliphatic carbocycles. The predicted octanol–water partition coefficient (Wildman–Crippen LogP) is 1.24. The van der Waals surface area contributed by atoms with E-state index >= 15 is 0 Å². The normalized spacial score (nSPS) is 25.6. The number of benzene rings is 1. The van der Waals surface area contributed by atoms with Crippen LogP contribution in [0.3, 0.4) is 0 Å². The summed E-state index contributed by atoms with van der Waals surface area (Å²) in [6.07, 6.45) is 0.565. The molecule has 134 valence electrons. The number of aryl methyl sites for hydroxylation is 1. The zero-order chi connectivity index (χ0) is 18.1. The molecule has 1 aromatic carbocycles. The van der Waals surface area contributed by atoms with Crippen LogP contribution in [0.15, 0.2) is 24.3 Å².